The lowest BCUT2D eigenvalue weighted by Crippen LogP contribution is -2.13. The van der Waals surface area contributed by atoms with Gasteiger partial charge in [-0.1, -0.05) is 6.92 Å². The molecule has 2 aromatic rings. The van der Waals surface area contributed by atoms with Crippen LogP contribution in [0.25, 0.3) is 9.88 Å². The molecular weight excluding hydrogens is 304 g/mol. The van der Waals surface area contributed by atoms with Gasteiger partial charge in [0.25, 0.3) is 0 Å². The zero-order valence-electron chi connectivity index (χ0n) is 8.94. The Kier molecular flexibility index (Phi) is 4.13. The number of halogens is 1. The number of thiophene rings is 1. The van der Waals surface area contributed by atoms with Crippen molar-refractivity contribution in [3.8, 4) is 9.88 Å². The molecule has 0 spiro atoms. The van der Waals surface area contributed by atoms with E-state index in [9.17, 15) is 0 Å². The van der Waals surface area contributed by atoms with Gasteiger partial charge in [0.05, 0.1) is 14.4 Å². The summed E-state index contributed by atoms with van der Waals surface area (Å²) in [4.78, 5) is 5.86. The summed E-state index contributed by atoms with van der Waals surface area (Å²) < 4.78 is 1.15. The van der Waals surface area contributed by atoms with Gasteiger partial charge in [0.15, 0.2) is 0 Å². The largest absolute Gasteiger partial charge is 0.330 e. The van der Waals surface area contributed by atoms with Gasteiger partial charge >= 0.3 is 0 Å². The summed E-state index contributed by atoms with van der Waals surface area (Å²) in [5.74, 6) is 0.505. The Labute approximate surface area is 112 Å². The van der Waals surface area contributed by atoms with Crippen LogP contribution in [0.5, 0.6) is 0 Å². The fourth-order valence-electron chi connectivity index (χ4n) is 1.38. The van der Waals surface area contributed by atoms with Crippen LogP contribution in [0.1, 0.15) is 12.6 Å². The lowest BCUT2D eigenvalue weighted by atomic mass is 10.1. The minimum atomic E-state index is 0.505. The predicted octanol–water partition coefficient (Wildman–Crippen LogP) is 3.77. The number of hydrogen-bond donors (Lipinski definition) is 1. The molecule has 2 aromatic heterocycles. The Morgan fingerprint density at radius 2 is 2.31 bits per heavy atom. The monoisotopic (exact) mass is 316 g/mol. The van der Waals surface area contributed by atoms with Crippen LogP contribution in [0, 0.1) is 5.92 Å². The molecule has 0 amide bonds. The van der Waals surface area contributed by atoms with Crippen LogP contribution in [-0.4, -0.2) is 11.5 Å². The minimum absolute atomic E-state index is 0.505. The summed E-state index contributed by atoms with van der Waals surface area (Å²) in [5, 5.41) is 3.24. The van der Waals surface area contributed by atoms with E-state index in [4.69, 9.17) is 5.73 Å². The summed E-state index contributed by atoms with van der Waals surface area (Å²) in [6.45, 7) is 2.87. The van der Waals surface area contributed by atoms with Gasteiger partial charge < -0.3 is 5.73 Å². The van der Waals surface area contributed by atoms with Crippen molar-refractivity contribution in [2.24, 2.45) is 11.7 Å². The fraction of sp³-hybridized carbons (Fsp3) is 0.364. The molecule has 0 aliphatic heterocycles. The quantitative estimate of drug-likeness (QED) is 0.932. The standard InChI is InChI=1S/C11H13BrN2S2/c1-7(5-13)4-8-6-15-11(14-8)9-2-3-10(12)16-9/h2-3,6-7H,4-5,13H2,1H3. The van der Waals surface area contributed by atoms with Gasteiger partial charge in [0.1, 0.15) is 5.01 Å². The number of thiazole rings is 1. The van der Waals surface area contributed by atoms with Crippen LogP contribution in [0.4, 0.5) is 0 Å². The lowest BCUT2D eigenvalue weighted by molar-refractivity contribution is 0.586. The van der Waals surface area contributed by atoms with Crippen molar-refractivity contribution >= 4 is 38.6 Å². The first kappa shape index (κ1) is 12.2. The van der Waals surface area contributed by atoms with Crippen molar-refractivity contribution in [2.75, 3.05) is 6.54 Å². The van der Waals surface area contributed by atoms with Crippen molar-refractivity contribution in [1.29, 1.82) is 0 Å². The number of nitrogens with two attached hydrogens (primary N) is 1. The Bertz CT molecular complexity index is 464. The molecule has 1 atom stereocenters. The average Bonchev–Trinajstić information content (AvgIpc) is 2.87. The third-order valence-corrected chi connectivity index (χ3v) is 4.98. The molecule has 2 N–H and O–H groups in total. The number of aromatic nitrogens is 1. The van der Waals surface area contributed by atoms with E-state index in [1.54, 1.807) is 22.7 Å². The zero-order valence-corrected chi connectivity index (χ0v) is 12.2. The van der Waals surface area contributed by atoms with Gasteiger partial charge in [-0.05, 0) is 46.9 Å². The van der Waals surface area contributed by atoms with Gasteiger partial charge in [-0.25, -0.2) is 4.98 Å². The molecule has 0 aromatic carbocycles. The molecule has 86 valence electrons. The van der Waals surface area contributed by atoms with Crippen LogP contribution in [-0.2, 0) is 6.42 Å². The van der Waals surface area contributed by atoms with E-state index in [0.29, 0.717) is 5.92 Å². The topological polar surface area (TPSA) is 38.9 Å². The highest BCUT2D eigenvalue weighted by Gasteiger charge is 2.09. The minimum Gasteiger partial charge on any atom is -0.330 e. The van der Waals surface area contributed by atoms with E-state index in [1.165, 1.54) is 4.88 Å². The van der Waals surface area contributed by atoms with Crippen molar-refractivity contribution in [2.45, 2.75) is 13.3 Å². The smallest absolute Gasteiger partial charge is 0.133 e. The Morgan fingerprint density at radius 1 is 1.50 bits per heavy atom. The van der Waals surface area contributed by atoms with Gasteiger partial charge in [-0.2, -0.15) is 0 Å². The highest BCUT2D eigenvalue weighted by atomic mass is 79.9. The fourth-order valence-corrected chi connectivity index (χ4v) is 3.67. The lowest BCUT2D eigenvalue weighted by Gasteiger charge is -2.03. The molecule has 16 heavy (non-hydrogen) atoms. The maximum Gasteiger partial charge on any atom is 0.133 e. The summed E-state index contributed by atoms with van der Waals surface area (Å²) in [7, 11) is 0. The van der Waals surface area contributed by atoms with Crippen LogP contribution in [0.3, 0.4) is 0 Å². The first-order valence-corrected chi connectivity index (χ1v) is 7.58. The second-order valence-corrected chi connectivity index (χ2v) is 7.11. The highest BCUT2D eigenvalue weighted by molar-refractivity contribution is 9.11. The zero-order chi connectivity index (χ0) is 11.5. The third kappa shape index (κ3) is 2.91. The van der Waals surface area contributed by atoms with Crippen LogP contribution in [0.2, 0.25) is 0 Å². The molecule has 0 saturated heterocycles. The second-order valence-electron chi connectivity index (χ2n) is 3.79. The number of hydrogen-bond acceptors (Lipinski definition) is 4. The van der Waals surface area contributed by atoms with Crippen molar-refractivity contribution in [3.05, 3.63) is 27.0 Å². The molecule has 1 unspecified atom stereocenters. The maximum absolute atomic E-state index is 5.61. The number of nitrogens with zero attached hydrogens (tertiary/aromatic N) is 1. The van der Waals surface area contributed by atoms with Gasteiger partial charge in [-0.15, -0.1) is 22.7 Å². The molecular formula is C11H13BrN2S2. The van der Waals surface area contributed by atoms with E-state index in [1.807, 2.05) is 0 Å². The van der Waals surface area contributed by atoms with E-state index in [2.05, 4.69) is 45.4 Å². The molecule has 5 heteroatoms. The summed E-state index contributed by atoms with van der Waals surface area (Å²) in [6.07, 6.45) is 0.972. The van der Waals surface area contributed by atoms with Gasteiger partial charge in [-0.3, -0.25) is 0 Å². The van der Waals surface area contributed by atoms with E-state index < -0.39 is 0 Å². The van der Waals surface area contributed by atoms with Crippen LogP contribution >= 0.6 is 38.6 Å². The molecule has 2 nitrogen and oxygen atoms in total. The molecule has 0 radical (unpaired) electrons. The molecule has 0 aliphatic rings. The van der Waals surface area contributed by atoms with Gasteiger partial charge in [0, 0.05) is 5.38 Å². The molecule has 2 heterocycles. The van der Waals surface area contributed by atoms with E-state index in [0.717, 1.165) is 27.5 Å². The highest BCUT2D eigenvalue weighted by Crippen LogP contribution is 2.33. The Morgan fingerprint density at radius 3 is 2.94 bits per heavy atom. The van der Waals surface area contributed by atoms with Crippen LogP contribution < -0.4 is 5.73 Å². The van der Waals surface area contributed by atoms with Gasteiger partial charge in [0.2, 0.25) is 0 Å². The molecule has 0 bridgehead atoms. The molecule has 0 fully saturated rings. The molecule has 2 rings (SSSR count). The normalized spacial score (nSPS) is 12.9. The summed E-state index contributed by atoms with van der Waals surface area (Å²) in [6, 6.07) is 4.16. The summed E-state index contributed by atoms with van der Waals surface area (Å²) >= 11 is 6.89. The van der Waals surface area contributed by atoms with E-state index >= 15 is 0 Å². The second kappa shape index (κ2) is 5.40. The molecule has 0 saturated carbocycles. The molecule has 0 aliphatic carbocycles. The first-order chi connectivity index (χ1) is 7.69. The predicted molar refractivity (Wildman–Crippen MR) is 75.0 cm³/mol. The maximum atomic E-state index is 5.61. The first-order valence-electron chi connectivity index (χ1n) is 5.09. The van der Waals surface area contributed by atoms with E-state index in [-0.39, 0.29) is 0 Å². The van der Waals surface area contributed by atoms with Crippen molar-refractivity contribution < 1.29 is 0 Å². The Balaban J connectivity index is 2.13. The Hall–Kier alpha value is -0.230. The van der Waals surface area contributed by atoms with Crippen LogP contribution in [0.15, 0.2) is 21.3 Å². The number of rotatable bonds is 4. The van der Waals surface area contributed by atoms with Crippen molar-refractivity contribution in [1.82, 2.24) is 4.98 Å². The third-order valence-electron chi connectivity index (χ3n) is 2.30. The average molecular weight is 317 g/mol. The summed E-state index contributed by atoms with van der Waals surface area (Å²) in [5.41, 5.74) is 6.77. The van der Waals surface area contributed by atoms with Crippen molar-refractivity contribution in [3.63, 3.8) is 0 Å². The SMILES string of the molecule is CC(CN)Cc1csc(-c2ccc(Br)s2)n1.